The molecule has 0 unspecified atom stereocenters. The fourth-order valence-corrected chi connectivity index (χ4v) is 0.998. The zero-order valence-electron chi connectivity index (χ0n) is 6.60. The van der Waals surface area contributed by atoms with Crippen LogP contribution in [0.2, 0.25) is 5.15 Å². The molecular formula is C7H4ClF3N2O. The summed E-state index contributed by atoms with van der Waals surface area (Å²) < 4.78 is 36.8. The topological polar surface area (TPSA) is 56.0 Å². The Morgan fingerprint density at radius 2 is 2.00 bits per heavy atom. The third kappa shape index (κ3) is 2.14. The Morgan fingerprint density at radius 1 is 1.43 bits per heavy atom. The first-order valence-corrected chi connectivity index (χ1v) is 3.73. The number of halogens is 4. The number of amides is 1. The van der Waals surface area contributed by atoms with Crippen molar-refractivity contribution in [2.24, 2.45) is 5.73 Å². The maximum absolute atomic E-state index is 12.3. The lowest BCUT2D eigenvalue weighted by molar-refractivity contribution is -0.141. The van der Waals surface area contributed by atoms with Crippen molar-refractivity contribution in [3.8, 4) is 0 Å². The minimum absolute atomic E-state index is 0.345. The van der Waals surface area contributed by atoms with Crippen molar-refractivity contribution >= 4 is 17.5 Å². The van der Waals surface area contributed by atoms with Crippen LogP contribution in [0.1, 0.15) is 16.1 Å². The van der Waals surface area contributed by atoms with Crippen LogP contribution in [-0.4, -0.2) is 10.9 Å². The van der Waals surface area contributed by atoms with Crippen molar-refractivity contribution in [2.45, 2.75) is 6.18 Å². The SMILES string of the molecule is NC(=O)c1ccc(Cl)nc1C(F)(F)F. The van der Waals surface area contributed by atoms with Gasteiger partial charge in [-0.25, -0.2) is 4.98 Å². The van der Waals surface area contributed by atoms with Crippen LogP contribution in [0.15, 0.2) is 12.1 Å². The molecule has 1 aromatic heterocycles. The molecule has 14 heavy (non-hydrogen) atoms. The molecule has 1 heterocycles. The fraction of sp³-hybridized carbons (Fsp3) is 0.143. The van der Waals surface area contributed by atoms with Gasteiger partial charge in [0.25, 0.3) is 5.91 Å². The number of nitrogens with zero attached hydrogens (tertiary/aromatic N) is 1. The molecule has 0 radical (unpaired) electrons. The summed E-state index contributed by atoms with van der Waals surface area (Å²) in [6.45, 7) is 0. The third-order valence-electron chi connectivity index (χ3n) is 1.40. The van der Waals surface area contributed by atoms with E-state index in [1.807, 2.05) is 0 Å². The highest BCUT2D eigenvalue weighted by atomic mass is 35.5. The number of primary amides is 1. The van der Waals surface area contributed by atoms with Crippen LogP contribution >= 0.6 is 11.6 Å². The normalized spacial score (nSPS) is 11.4. The molecule has 0 bridgehead atoms. The number of hydrogen-bond acceptors (Lipinski definition) is 2. The first kappa shape index (κ1) is 10.8. The summed E-state index contributed by atoms with van der Waals surface area (Å²) in [5, 5.41) is -0.345. The van der Waals surface area contributed by atoms with E-state index in [2.05, 4.69) is 4.98 Å². The lowest BCUT2D eigenvalue weighted by Crippen LogP contribution is -2.20. The van der Waals surface area contributed by atoms with Gasteiger partial charge in [0.05, 0.1) is 5.56 Å². The molecule has 76 valence electrons. The van der Waals surface area contributed by atoms with E-state index in [9.17, 15) is 18.0 Å². The maximum Gasteiger partial charge on any atom is 0.434 e. The van der Waals surface area contributed by atoms with E-state index in [0.717, 1.165) is 12.1 Å². The second-order valence-corrected chi connectivity index (χ2v) is 2.78. The first-order chi connectivity index (χ1) is 6.32. The molecule has 0 aromatic carbocycles. The molecule has 1 rings (SSSR count). The Morgan fingerprint density at radius 3 is 2.43 bits per heavy atom. The van der Waals surface area contributed by atoms with Gasteiger partial charge < -0.3 is 5.73 Å². The number of pyridine rings is 1. The van der Waals surface area contributed by atoms with E-state index in [0.29, 0.717) is 0 Å². The van der Waals surface area contributed by atoms with E-state index in [-0.39, 0.29) is 5.15 Å². The highest BCUT2D eigenvalue weighted by Crippen LogP contribution is 2.31. The zero-order chi connectivity index (χ0) is 10.9. The van der Waals surface area contributed by atoms with E-state index in [1.165, 1.54) is 0 Å². The predicted molar refractivity (Wildman–Crippen MR) is 42.8 cm³/mol. The highest BCUT2D eigenvalue weighted by molar-refractivity contribution is 6.29. The van der Waals surface area contributed by atoms with E-state index < -0.39 is 23.3 Å². The van der Waals surface area contributed by atoms with Gasteiger partial charge in [-0.1, -0.05) is 11.6 Å². The minimum atomic E-state index is -4.74. The average Bonchev–Trinajstić information content (AvgIpc) is 2.01. The second kappa shape index (κ2) is 3.45. The molecule has 2 N–H and O–H groups in total. The summed E-state index contributed by atoms with van der Waals surface area (Å²) in [7, 11) is 0. The van der Waals surface area contributed by atoms with Crippen LogP contribution in [0.4, 0.5) is 13.2 Å². The monoisotopic (exact) mass is 224 g/mol. The van der Waals surface area contributed by atoms with Crippen molar-refractivity contribution in [3.05, 3.63) is 28.5 Å². The van der Waals surface area contributed by atoms with Gasteiger partial charge >= 0.3 is 6.18 Å². The standard InChI is InChI=1S/C7H4ClF3N2O/c8-4-2-1-3(6(12)14)5(13-4)7(9,10)11/h1-2H,(H2,12,14). The van der Waals surface area contributed by atoms with Gasteiger partial charge in [-0.3, -0.25) is 4.79 Å². The summed E-state index contributed by atoms with van der Waals surface area (Å²) >= 11 is 5.26. The summed E-state index contributed by atoms with van der Waals surface area (Å²) in [6.07, 6.45) is -4.74. The van der Waals surface area contributed by atoms with Gasteiger partial charge in [0.2, 0.25) is 0 Å². The average molecular weight is 225 g/mol. The molecule has 3 nitrogen and oxygen atoms in total. The van der Waals surface area contributed by atoms with Crippen LogP contribution in [0.3, 0.4) is 0 Å². The molecular weight excluding hydrogens is 221 g/mol. The lowest BCUT2D eigenvalue weighted by atomic mass is 10.2. The van der Waals surface area contributed by atoms with E-state index in [1.54, 1.807) is 0 Å². The zero-order valence-corrected chi connectivity index (χ0v) is 7.36. The van der Waals surface area contributed by atoms with Crippen LogP contribution in [0.5, 0.6) is 0 Å². The molecule has 1 amide bonds. The highest BCUT2D eigenvalue weighted by Gasteiger charge is 2.36. The van der Waals surface area contributed by atoms with E-state index >= 15 is 0 Å². The van der Waals surface area contributed by atoms with Gasteiger partial charge in [0.1, 0.15) is 5.15 Å². The Bertz CT molecular complexity index is 378. The summed E-state index contributed by atoms with van der Waals surface area (Å²) in [5.41, 5.74) is 2.68. The lowest BCUT2D eigenvalue weighted by Gasteiger charge is -2.09. The second-order valence-electron chi connectivity index (χ2n) is 2.39. The van der Waals surface area contributed by atoms with Gasteiger partial charge in [-0.05, 0) is 12.1 Å². The molecule has 0 saturated heterocycles. The van der Waals surface area contributed by atoms with Crippen molar-refractivity contribution in [2.75, 3.05) is 0 Å². The molecule has 0 fully saturated rings. The molecule has 0 aliphatic heterocycles. The summed E-state index contributed by atoms with van der Waals surface area (Å²) in [6, 6.07) is 1.96. The van der Waals surface area contributed by atoms with Gasteiger partial charge in [0, 0.05) is 0 Å². The molecule has 1 aromatic rings. The number of nitrogens with two attached hydrogens (primary N) is 1. The van der Waals surface area contributed by atoms with Crippen molar-refractivity contribution in [1.29, 1.82) is 0 Å². The number of rotatable bonds is 1. The molecule has 0 aliphatic rings. The number of aromatic nitrogens is 1. The third-order valence-corrected chi connectivity index (χ3v) is 1.61. The Labute approximate surface area is 81.7 Å². The van der Waals surface area contributed by atoms with Crippen LogP contribution in [0.25, 0.3) is 0 Å². The summed E-state index contributed by atoms with van der Waals surface area (Å²) in [4.78, 5) is 13.6. The van der Waals surface area contributed by atoms with Crippen LogP contribution in [-0.2, 0) is 6.18 Å². The smallest absolute Gasteiger partial charge is 0.366 e. The molecule has 0 atom stereocenters. The van der Waals surface area contributed by atoms with E-state index in [4.69, 9.17) is 17.3 Å². The molecule has 0 spiro atoms. The van der Waals surface area contributed by atoms with Crippen LogP contribution in [0, 0.1) is 0 Å². The first-order valence-electron chi connectivity index (χ1n) is 3.36. The fourth-order valence-electron chi connectivity index (χ4n) is 0.850. The van der Waals surface area contributed by atoms with Crippen molar-refractivity contribution in [3.63, 3.8) is 0 Å². The molecule has 0 aliphatic carbocycles. The van der Waals surface area contributed by atoms with Crippen molar-refractivity contribution in [1.82, 2.24) is 4.98 Å². The largest absolute Gasteiger partial charge is 0.434 e. The number of carbonyl (C=O) groups is 1. The Balaban J connectivity index is 3.38. The Hall–Kier alpha value is -1.30. The number of hydrogen-bond donors (Lipinski definition) is 1. The summed E-state index contributed by atoms with van der Waals surface area (Å²) in [5.74, 6) is -1.19. The molecule has 0 saturated carbocycles. The van der Waals surface area contributed by atoms with Crippen molar-refractivity contribution < 1.29 is 18.0 Å². The maximum atomic E-state index is 12.3. The van der Waals surface area contributed by atoms with Crippen LogP contribution < -0.4 is 5.73 Å². The Kier molecular flexibility index (Phi) is 2.66. The number of carbonyl (C=O) groups excluding carboxylic acids is 1. The predicted octanol–water partition coefficient (Wildman–Crippen LogP) is 1.85. The molecule has 7 heteroatoms. The number of alkyl halides is 3. The minimum Gasteiger partial charge on any atom is -0.366 e. The quantitative estimate of drug-likeness (QED) is 0.740. The van der Waals surface area contributed by atoms with Gasteiger partial charge in [-0.15, -0.1) is 0 Å². The van der Waals surface area contributed by atoms with Gasteiger partial charge in [-0.2, -0.15) is 13.2 Å². The van der Waals surface area contributed by atoms with Gasteiger partial charge in [0.15, 0.2) is 5.69 Å².